The number of carbonyl (C=O) groups excluding carboxylic acids is 1. The van der Waals surface area contributed by atoms with E-state index in [0.29, 0.717) is 22.7 Å². The molecule has 3 N–H and O–H groups in total. The van der Waals surface area contributed by atoms with Crippen LogP contribution < -0.4 is 11.1 Å². The summed E-state index contributed by atoms with van der Waals surface area (Å²) in [4.78, 5) is 11.0. The van der Waals surface area contributed by atoms with Gasteiger partial charge in [-0.25, -0.2) is 0 Å². The van der Waals surface area contributed by atoms with Gasteiger partial charge in [-0.05, 0) is 24.6 Å². The van der Waals surface area contributed by atoms with E-state index in [1.165, 1.54) is 6.07 Å². The van der Waals surface area contributed by atoms with E-state index >= 15 is 0 Å². The summed E-state index contributed by atoms with van der Waals surface area (Å²) in [7, 11) is 0. The molecule has 0 aromatic heterocycles. The summed E-state index contributed by atoms with van der Waals surface area (Å²) < 4.78 is 0. The minimum Gasteiger partial charge on any atom is -0.372 e. The van der Waals surface area contributed by atoms with Gasteiger partial charge in [0.15, 0.2) is 0 Å². The lowest BCUT2D eigenvalue weighted by Gasteiger charge is -2.15. The van der Waals surface area contributed by atoms with E-state index < -0.39 is 11.9 Å². The van der Waals surface area contributed by atoms with Gasteiger partial charge in [-0.3, -0.25) is 4.79 Å². The van der Waals surface area contributed by atoms with Gasteiger partial charge in [-0.15, -0.1) is 0 Å². The quantitative estimate of drug-likeness (QED) is 0.839. The van der Waals surface area contributed by atoms with E-state index in [1.807, 2.05) is 13.0 Å². The third-order valence-electron chi connectivity index (χ3n) is 2.18. The van der Waals surface area contributed by atoms with Gasteiger partial charge in [0.25, 0.3) is 0 Å². The number of benzene rings is 1. The molecule has 1 amide bonds. The molecule has 1 atom stereocenters. The van der Waals surface area contributed by atoms with Crippen LogP contribution in [-0.4, -0.2) is 11.9 Å². The molecule has 0 saturated carbocycles. The normalized spacial score (nSPS) is 11.6. The maximum absolute atomic E-state index is 11.0. The van der Waals surface area contributed by atoms with Gasteiger partial charge in [0.05, 0.1) is 22.3 Å². The van der Waals surface area contributed by atoms with E-state index in [0.717, 1.165) is 0 Å². The lowest BCUT2D eigenvalue weighted by atomic mass is 10.1. The predicted octanol–water partition coefficient (Wildman–Crippen LogP) is 1.89. The summed E-state index contributed by atoms with van der Waals surface area (Å²) in [5.74, 6) is -0.428. The first-order valence-electron chi connectivity index (χ1n) is 4.84. The van der Waals surface area contributed by atoms with Crippen LogP contribution >= 0.6 is 11.6 Å². The van der Waals surface area contributed by atoms with Gasteiger partial charge in [0.2, 0.25) is 5.91 Å². The highest BCUT2D eigenvalue weighted by Gasteiger charge is 2.13. The van der Waals surface area contributed by atoms with Crippen LogP contribution in [0, 0.1) is 11.3 Å². The number of carbonyl (C=O) groups is 1. The number of halogens is 1. The summed E-state index contributed by atoms with van der Waals surface area (Å²) in [6, 6.07) is 6.35. The van der Waals surface area contributed by atoms with E-state index in [-0.39, 0.29) is 0 Å². The SMILES string of the molecule is CCC(Nc1ccc(C#N)cc1Cl)C(N)=O. The van der Waals surface area contributed by atoms with Gasteiger partial charge in [0, 0.05) is 0 Å². The number of amides is 1. The van der Waals surface area contributed by atoms with Gasteiger partial charge in [-0.1, -0.05) is 18.5 Å². The molecule has 5 heteroatoms. The van der Waals surface area contributed by atoms with Crippen LogP contribution in [0.4, 0.5) is 5.69 Å². The second-order valence-electron chi connectivity index (χ2n) is 3.31. The first-order valence-corrected chi connectivity index (χ1v) is 5.21. The van der Waals surface area contributed by atoms with Crippen molar-refractivity contribution in [3.05, 3.63) is 28.8 Å². The van der Waals surface area contributed by atoms with Crippen molar-refractivity contribution in [2.45, 2.75) is 19.4 Å². The number of rotatable bonds is 4. The lowest BCUT2D eigenvalue weighted by Crippen LogP contribution is -2.34. The van der Waals surface area contributed by atoms with Crippen LogP contribution in [0.3, 0.4) is 0 Å². The van der Waals surface area contributed by atoms with Gasteiger partial charge in [-0.2, -0.15) is 5.26 Å². The maximum atomic E-state index is 11.0. The number of nitriles is 1. The van der Waals surface area contributed by atoms with Crippen molar-refractivity contribution in [3.63, 3.8) is 0 Å². The molecular formula is C11H12ClN3O. The number of nitrogens with two attached hydrogens (primary N) is 1. The molecule has 0 aliphatic rings. The molecule has 0 aliphatic heterocycles. The van der Waals surface area contributed by atoms with Crippen molar-refractivity contribution < 1.29 is 4.79 Å². The largest absolute Gasteiger partial charge is 0.372 e. The second kappa shape index (κ2) is 5.38. The lowest BCUT2D eigenvalue weighted by molar-refractivity contribution is -0.118. The highest BCUT2D eigenvalue weighted by atomic mass is 35.5. The average molecular weight is 238 g/mol. The van der Waals surface area contributed by atoms with Gasteiger partial charge in [0.1, 0.15) is 6.04 Å². The van der Waals surface area contributed by atoms with Crippen LogP contribution in [0.2, 0.25) is 5.02 Å². The molecule has 4 nitrogen and oxygen atoms in total. The summed E-state index contributed by atoms with van der Waals surface area (Å²) >= 11 is 5.95. The smallest absolute Gasteiger partial charge is 0.239 e. The second-order valence-corrected chi connectivity index (χ2v) is 3.72. The zero-order valence-electron chi connectivity index (χ0n) is 8.83. The minimum absolute atomic E-state index is 0.402. The number of hydrogen-bond acceptors (Lipinski definition) is 3. The summed E-state index contributed by atoms with van der Waals surface area (Å²) in [6.07, 6.45) is 0.575. The standard InChI is InChI=1S/C11H12ClN3O/c1-2-9(11(14)16)15-10-4-3-7(6-13)5-8(10)12/h3-5,9,15H,2H2,1H3,(H2,14,16). The Balaban J connectivity index is 2.90. The molecule has 0 saturated heterocycles. The maximum Gasteiger partial charge on any atom is 0.239 e. The summed E-state index contributed by atoms with van der Waals surface area (Å²) in [5.41, 5.74) is 6.28. The van der Waals surface area contributed by atoms with Crippen molar-refractivity contribution in [1.29, 1.82) is 5.26 Å². The number of nitrogens with zero attached hydrogens (tertiary/aromatic N) is 1. The highest BCUT2D eigenvalue weighted by Crippen LogP contribution is 2.23. The van der Waals surface area contributed by atoms with E-state index in [4.69, 9.17) is 22.6 Å². The van der Waals surface area contributed by atoms with Crippen molar-refractivity contribution in [1.82, 2.24) is 0 Å². The molecule has 0 aliphatic carbocycles. The molecular weight excluding hydrogens is 226 g/mol. The molecule has 1 aromatic carbocycles. The van der Waals surface area contributed by atoms with E-state index in [1.54, 1.807) is 12.1 Å². The number of nitrogens with one attached hydrogen (secondary N) is 1. The van der Waals surface area contributed by atoms with E-state index in [2.05, 4.69) is 5.32 Å². The Hall–Kier alpha value is -1.73. The molecule has 0 radical (unpaired) electrons. The monoisotopic (exact) mass is 237 g/mol. The number of primary amides is 1. The highest BCUT2D eigenvalue weighted by molar-refractivity contribution is 6.33. The zero-order valence-corrected chi connectivity index (χ0v) is 9.58. The van der Waals surface area contributed by atoms with Crippen molar-refractivity contribution in [2.75, 3.05) is 5.32 Å². The molecule has 1 aromatic rings. The molecule has 1 unspecified atom stereocenters. The van der Waals surface area contributed by atoms with Crippen LogP contribution in [0.5, 0.6) is 0 Å². The Morgan fingerprint density at radius 2 is 2.38 bits per heavy atom. The van der Waals surface area contributed by atoms with Crippen LogP contribution in [0.1, 0.15) is 18.9 Å². The van der Waals surface area contributed by atoms with E-state index in [9.17, 15) is 4.79 Å². The fourth-order valence-electron chi connectivity index (χ4n) is 1.26. The Morgan fingerprint density at radius 1 is 1.69 bits per heavy atom. The number of hydrogen-bond donors (Lipinski definition) is 2. The average Bonchev–Trinajstić information content (AvgIpc) is 2.26. The van der Waals surface area contributed by atoms with Gasteiger partial charge >= 0.3 is 0 Å². The summed E-state index contributed by atoms with van der Waals surface area (Å²) in [5, 5.41) is 12.0. The Kier molecular flexibility index (Phi) is 4.15. The minimum atomic E-state index is -0.453. The van der Waals surface area contributed by atoms with Crippen LogP contribution in [0.15, 0.2) is 18.2 Å². The van der Waals surface area contributed by atoms with Crippen LogP contribution in [-0.2, 0) is 4.79 Å². The fraction of sp³-hybridized carbons (Fsp3) is 0.273. The molecule has 0 bridgehead atoms. The molecule has 84 valence electrons. The first kappa shape index (κ1) is 12.3. The van der Waals surface area contributed by atoms with Crippen LogP contribution in [0.25, 0.3) is 0 Å². The predicted molar refractivity (Wildman–Crippen MR) is 63.1 cm³/mol. The number of anilines is 1. The molecule has 0 heterocycles. The van der Waals surface area contributed by atoms with Crippen molar-refractivity contribution >= 4 is 23.2 Å². The third-order valence-corrected chi connectivity index (χ3v) is 2.49. The zero-order chi connectivity index (χ0) is 12.1. The van der Waals surface area contributed by atoms with Crippen molar-refractivity contribution in [2.24, 2.45) is 5.73 Å². The molecule has 16 heavy (non-hydrogen) atoms. The van der Waals surface area contributed by atoms with Gasteiger partial charge < -0.3 is 11.1 Å². The third kappa shape index (κ3) is 2.88. The molecule has 0 spiro atoms. The fourth-order valence-corrected chi connectivity index (χ4v) is 1.50. The summed E-state index contributed by atoms with van der Waals surface area (Å²) in [6.45, 7) is 1.85. The Morgan fingerprint density at radius 3 is 2.81 bits per heavy atom. The first-order chi connectivity index (χ1) is 7.58. The molecule has 0 fully saturated rings. The molecule has 1 rings (SSSR count). The Labute approximate surface area is 99.0 Å². The topological polar surface area (TPSA) is 78.9 Å². The Bertz CT molecular complexity index is 439. The van der Waals surface area contributed by atoms with Crippen molar-refractivity contribution in [3.8, 4) is 6.07 Å².